The Kier molecular flexibility index (Phi) is 15.5. The number of ether oxygens (including phenoxy) is 1. The molecule has 10 nitrogen and oxygen atoms in total. The molecule has 0 aliphatic carbocycles. The molecular formula is C30H48N4O6. The number of amides is 3. The number of benzene rings is 1. The lowest BCUT2D eigenvalue weighted by atomic mass is 9.82. The smallest absolute Gasteiger partial charge is 0.257 e. The van der Waals surface area contributed by atoms with Crippen LogP contribution in [0.2, 0.25) is 0 Å². The van der Waals surface area contributed by atoms with Gasteiger partial charge in [-0.15, -0.1) is 0 Å². The second kappa shape index (κ2) is 18.5. The number of nitrogens with one attached hydrogen (secondary N) is 2. The molecule has 0 saturated carbocycles. The van der Waals surface area contributed by atoms with Crippen LogP contribution in [-0.2, 0) is 24.0 Å². The summed E-state index contributed by atoms with van der Waals surface area (Å²) in [7, 11) is 0. The number of nitrogens with zero attached hydrogens (tertiary/aromatic N) is 1. The van der Waals surface area contributed by atoms with E-state index in [-0.39, 0.29) is 25.5 Å². The summed E-state index contributed by atoms with van der Waals surface area (Å²) in [6.07, 6.45) is 8.47. The predicted molar refractivity (Wildman–Crippen MR) is 154 cm³/mol. The Labute approximate surface area is 238 Å². The van der Waals surface area contributed by atoms with E-state index in [4.69, 9.17) is 20.4 Å². The molecular weight excluding hydrogens is 512 g/mol. The highest BCUT2D eigenvalue weighted by molar-refractivity contribution is 5.89. The zero-order valence-corrected chi connectivity index (χ0v) is 24.2. The van der Waals surface area contributed by atoms with Crippen molar-refractivity contribution < 1.29 is 29.1 Å². The molecule has 1 aromatic rings. The van der Waals surface area contributed by atoms with Gasteiger partial charge in [-0.3, -0.25) is 24.8 Å². The van der Waals surface area contributed by atoms with E-state index in [0.29, 0.717) is 38.7 Å². The molecule has 1 fully saturated rings. The molecule has 10 heteroatoms. The summed E-state index contributed by atoms with van der Waals surface area (Å²) in [5, 5.41) is 10.3. The number of hydrazine groups is 1. The molecule has 40 heavy (non-hydrogen) atoms. The summed E-state index contributed by atoms with van der Waals surface area (Å²) in [5.74, 6) is -2.64. The van der Waals surface area contributed by atoms with Crippen LogP contribution in [0.25, 0.3) is 6.08 Å². The monoisotopic (exact) mass is 560 g/mol. The minimum Gasteiger partial charge on any atom is -0.396 e. The molecule has 224 valence electrons. The van der Waals surface area contributed by atoms with E-state index in [1.165, 1.54) is 5.01 Å². The third kappa shape index (κ3) is 12.2. The fraction of sp³-hybridized carbons (Fsp3) is 0.633. The van der Waals surface area contributed by atoms with E-state index in [2.05, 4.69) is 10.9 Å². The Morgan fingerprint density at radius 3 is 2.48 bits per heavy atom. The van der Waals surface area contributed by atoms with Gasteiger partial charge in [0.05, 0.1) is 17.9 Å². The molecule has 1 aromatic carbocycles. The van der Waals surface area contributed by atoms with E-state index in [0.717, 1.165) is 18.4 Å². The van der Waals surface area contributed by atoms with Crippen molar-refractivity contribution in [2.45, 2.75) is 84.5 Å². The molecule has 1 aliphatic heterocycles. The van der Waals surface area contributed by atoms with Crippen LogP contribution < -0.4 is 16.6 Å². The minimum atomic E-state index is -0.807. The van der Waals surface area contributed by atoms with E-state index in [1.807, 2.05) is 56.3 Å². The molecule has 5 N–H and O–H groups in total. The molecule has 0 bridgehead atoms. The number of hydroxylamine groups is 1. The maximum atomic E-state index is 13.7. The first-order valence-corrected chi connectivity index (χ1v) is 14.5. The Hall–Kier alpha value is -2.79. The summed E-state index contributed by atoms with van der Waals surface area (Å²) < 4.78 is 5.57. The van der Waals surface area contributed by atoms with Crippen molar-refractivity contribution in [3.8, 4) is 0 Å². The van der Waals surface area contributed by atoms with Gasteiger partial charge in [0.2, 0.25) is 11.8 Å². The Morgan fingerprint density at radius 1 is 1.10 bits per heavy atom. The van der Waals surface area contributed by atoms with Crippen molar-refractivity contribution in [3.05, 3.63) is 42.0 Å². The molecule has 2 rings (SSSR count). The number of allylic oxidation sites excluding steroid dienone is 1. The highest BCUT2D eigenvalue weighted by atomic mass is 16.8. The maximum Gasteiger partial charge on any atom is 0.257 e. The third-order valence-electron chi connectivity index (χ3n) is 6.75. The molecule has 0 spiro atoms. The van der Waals surface area contributed by atoms with Crippen LogP contribution >= 0.6 is 0 Å². The van der Waals surface area contributed by atoms with E-state index >= 15 is 0 Å². The molecule has 1 unspecified atom stereocenters. The summed E-state index contributed by atoms with van der Waals surface area (Å²) in [6.45, 7) is 6.43. The second-order valence-electron chi connectivity index (χ2n) is 10.8. The van der Waals surface area contributed by atoms with Gasteiger partial charge in [0.1, 0.15) is 0 Å². The quantitative estimate of drug-likeness (QED) is 0.179. The Morgan fingerprint density at radius 2 is 1.85 bits per heavy atom. The van der Waals surface area contributed by atoms with Gasteiger partial charge in [-0.05, 0) is 63.4 Å². The van der Waals surface area contributed by atoms with Gasteiger partial charge < -0.3 is 15.6 Å². The normalized spacial score (nSPS) is 17.8. The van der Waals surface area contributed by atoms with Crippen LogP contribution in [0.1, 0.15) is 77.7 Å². The number of unbranched alkanes of at least 4 members (excludes halogenated alkanes) is 2. The molecule has 0 radical (unpaired) electrons. The van der Waals surface area contributed by atoms with Gasteiger partial charge >= 0.3 is 0 Å². The SMILES string of the molecule is CC(C)C[C@@H](C(=O)NN(CCCCCO)C(=O)[C@@H](C)N)[C@H](C/C=C/c1ccccc1)C(=O)NOC1CCCCO1. The Bertz CT molecular complexity index is 918. The largest absolute Gasteiger partial charge is 0.396 e. The number of hydrogen-bond donors (Lipinski definition) is 4. The Balaban J connectivity index is 2.25. The lowest BCUT2D eigenvalue weighted by Gasteiger charge is -2.31. The van der Waals surface area contributed by atoms with Crippen LogP contribution in [0.5, 0.6) is 0 Å². The first kappa shape index (κ1) is 33.4. The molecule has 3 amide bonds. The number of nitrogens with two attached hydrogens (primary N) is 1. The number of hydrogen-bond acceptors (Lipinski definition) is 7. The van der Waals surface area contributed by atoms with E-state index in [1.54, 1.807) is 6.92 Å². The lowest BCUT2D eigenvalue weighted by molar-refractivity contribution is -0.203. The predicted octanol–water partition coefficient (Wildman–Crippen LogP) is 3.31. The van der Waals surface area contributed by atoms with Gasteiger partial charge in [0, 0.05) is 26.2 Å². The van der Waals surface area contributed by atoms with Crippen molar-refractivity contribution >= 4 is 23.8 Å². The van der Waals surface area contributed by atoms with Gasteiger partial charge in [-0.25, -0.2) is 10.3 Å². The average molecular weight is 561 g/mol. The molecule has 1 saturated heterocycles. The maximum absolute atomic E-state index is 13.7. The fourth-order valence-electron chi connectivity index (χ4n) is 4.58. The number of aliphatic hydroxyl groups excluding tert-OH is 1. The molecule has 1 heterocycles. The van der Waals surface area contributed by atoms with Crippen molar-refractivity contribution in [3.63, 3.8) is 0 Å². The van der Waals surface area contributed by atoms with E-state index < -0.39 is 41.9 Å². The van der Waals surface area contributed by atoms with Gasteiger partial charge in [-0.1, -0.05) is 56.3 Å². The lowest BCUT2D eigenvalue weighted by Crippen LogP contribution is -2.55. The topological polar surface area (TPSA) is 143 Å². The average Bonchev–Trinajstić information content (AvgIpc) is 2.95. The number of carbonyl (C=O) groups excluding carboxylic acids is 3. The fourth-order valence-corrected chi connectivity index (χ4v) is 4.58. The first-order valence-electron chi connectivity index (χ1n) is 14.5. The van der Waals surface area contributed by atoms with Crippen LogP contribution in [0, 0.1) is 17.8 Å². The standard InChI is InChI=1S/C30H48N4O6/c1-22(2)21-26(28(36)32-34(30(38)23(3)31)18-9-5-10-19-35)25(16-12-15-24-13-6-4-7-14-24)29(37)33-40-27-17-8-11-20-39-27/h4,6-7,12-15,22-23,25-27,35H,5,8-11,16-21,31H2,1-3H3,(H,32,36)(H,33,37)/b15-12+/t23-,25+,26-,27?/m1/s1. The van der Waals surface area contributed by atoms with Crippen molar-refractivity contribution in [1.29, 1.82) is 0 Å². The number of aliphatic hydroxyl groups is 1. The van der Waals surface area contributed by atoms with Crippen LogP contribution in [0.4, 0.5) is 0 Å². The van der Waals surface area contributed by atoms with Crippen molar-refractivity contribution in [1.82, 2.24) is 15.9 Å². The van der Waals surface area contributed by atoms with Crippen molar-refractivity contribution in [2.75, 3.05) is 19.8 Å². The zero-order valence-electron chi connectivity index (χ0n) is 24.2. The van der Waals surface area contributed by atoms with Crippen LogP contribution in [-0.4, -0.2) is 59.9 Å². The van der Waals surface area contributed by atoms with E-state index in [9.17, 15) is 14.4 Å². The third-order valence-corrected chi connectivity index (χ3v) is 6.75. The van der Waals surface area contributed by atoms with Crippen LogP contribution in [0.15, 0.2) is 36.4 Å². The van der Waals surface area contributed by atoms with Gasteiger partial charge in [-0.2, -0.15) is 0 Å². The van der Waals surface area contributed by atoms with Crippen LogP contribution in [0.3, 0.4) is 0 Å². The number of carbonyl (C=O) groups is 3. The molecule has 1 aliphatic rings. The highest BCUT2D eigenvalue weighted by Crippen LogP contribution is 2.26. The molecule has 4 atom stereocenters. The number of rotatable bonds is 16. The minimum absolute atomic E-state index is 0.0608. The summed E-state index contributed by atoms with van der Waals surface area (Å²) >= 11 is 0. The van der Waals surface area contributed by atoms with Crippen molar-refractivity contribution in [2.24, 2.45) is 23.5 Å². The summed E-state index contributed by atoms with van der Waals surface area (Å²) in [6, 6.07) is 8.91. The molecule has 0 aromatic heterocycles. The first-order chi connectivity index (χ1) is 19.2. The highest BCUT2D eigenvalue weighted by Gasteiger charge is 2.35. The van der Waals surface area contributed by atoms with Gasteiger partial charge in [0.15, 0.2) is 6.29 Å². The zero-order chi connectivity index (χ0) is 29.3. The summed E-state index contributed by atoms with van der Waals surface area (Å²) in [5.41, 5.74) is 12.1. The second-order valence-corrected chi connectivity index (χ2v) is 10.8. The van der Waals surface area contributed by atoms with Gasteiger partial charge in [0.25, 0.3) is 5.91 Å². The summed E-state index contributed by atoms with van der Waals surface area (Å²) in [4.78, 5) is 45.6.